The van der Waals surface area contributed by atoms with Gasteiger partial charge in [-0.1, -0.05) is 0 Å². The maximum absolute atomic E-state index is 11.8. The fraction of sp³-hybridized carbons (Fsp3) is 0.429. The average molecular weight is 279 g/mol. The quantitative estimate of drug-likeness (QED) is 0.809. The molecule has 1 aliphatic rings. The molecule has 1 saturated heterocycles. The summed E-state index contributed by atoms with van der Waals surface area (Å²) in [6.45, 7) is 3.66. The Morgan fingerprint density at radius 3 is 2.85 bits per heavy atom. The molecule has 0 saturated carbocycles. The van der Waals surface area contributed by atoms with Crippen molar-refractivity contribution >= 4 is 18.0 Å². The Labute approximate surface area is 116 Å². The molecule has 0 bridgehead atoms. The Kier molecular flexibility index (Phi) is 3.94. The molecule has 0 aromatic carbocycles. The fourth-order valence-electron chi connectivity index (χ4n) is 2.01. The van der Waals surface area contributed by atoms with Crippen LogP contribution in [0.5, 0.6) is 0 Å². The highest BCUT2D eigenvalue weighted by Crippen LogP contribution is 2.28. The standard InChI is InChI=1S/C14H17NO5/c1-9-3-4-10(20-9)5-6-12(16)15-11-7-19-8-14(11,2)13(17)18/h3-6,11H,7-8H2,1-2H3,(H,15,16)(H,17,18). The van der Waals surface area contributed by atoms with Gasteiger partial charge in [0.2, 0.25) is 5.91 Å². The van der Waals surface area contributed by atoms with E-state index >= 15 is 0 Å². The van der Waals surface area contributed by atoms with Gasteiger partial charge in [-0.15, -0.1) is 0 Å². The highest BCUT2D eigenvalue weighted by atomic mass is 16.5. The van der Waals surface area contributed by atoms with Crippen molar-refractivity contribution in [3.8, 4) is 0 Å². The zero-order chi connectivity index (χ0) is 14.8. The van der Waals surface area contributed by atoms with Gasteiger partial charge in [0.05, 0.1) is 19.3 Å². The third-order valence-electron chi connectivity index (χ3n) is 3.42. The molecule has 2 N–H and O–H groups in total. The number of hydrogen-bond donors (Lipinski definition) is 2. The van der Waals surface area contributed by atoms with Gasteiger partial charge in [0.25, 0.3) is 0 Å². The van der Waals surface area contributed by atoms with Gasteiger partial charge in [-0.2, -0.15) is 0 Å². The van der Waals surface area contributed by atoms with Crippen molar-refractivity contribution in [2.75, 3.05) is 13.2 Å². The average Bonchev–Trinajstić information content (AvgIpc) is 2.95. The predicted molar refractivity (Wildman–Crippen MR) is 71.0 cm³/mol. The number of aliphatic carboxylic acids is 1. The van der Waals surface area contributed by atoms with E-state index in [9.17, 15) is 14.7 Å². The van der Waals surface area contributed by atoms with E-state index in [0.29, 0.717) is 5.76 Å². The summed E-state index contributed by atoms with van der Waals surface area (Å²) in [6.07, 6.45) is 2.86. The molecule has 1 aromatic heterocycles. The first-order valence-corrected chi connectivity index (χ1v) is 6.28. The van der Waals surface area contributed by atoms with Gasteiger partial charge in [-0.05, 0) is 32.1 Å². The molecule has 0 spiro atoms. The normalized spacial score (nSPS) is 26.0. The van der Waals surface area contributed by atoms with Crippen LogP contribution in [0.4, 0.5) is 0 Å². The molecule has 6 heteroatoms. The Balaban J connectivity index is 1.98. The number of carbonyl (C=O) groups excluding carboxylic acids is 1. The van der Waals surface area contributed by atoms with Crippen molar-refractivity contribution in [2.24, 2.45) is 5.41 Å². The molecule has 20 heavy (non-hydrogen) atoms. The summed E-state index contributed by atoms with van der Waals surface area (Å²) >= 11 is 0. The zero-order valence-corrected chi connectivity index (χ0v) is 11.4. The number of furan rings is 1. The molecule has 0 radical (unpaired) electrons. The summed E-state index contributed by atoms with van der Waals surface area (Å²) in [5, 5.41) is 11.9. The SMILES string of the molecule is Cc1ccc(C=CC(=O)NC2COCC2(C)C(=O)O)o1. The molecule has 6 nitrogen and oxygen atoms in total. The van der Waals surface area contributed by atoms with Crippen LogP contribution < -0.4 is 5.32 Å². The third-order valence-corrected chi connectivity index (χ3v) is 3.42. The number of ether oxygens (including phenoxy) is 1. The summed E-state index contributed by atoms with van der Waals surface area (Å²) in [6, 6.07) is 3.00. The van der Waals surface area contributed by atoms with E-state index in [1.54, 1.807) is 19.1 Å². The van der Waals surface area contributed by atoms with E-state index in [1.165, 1.54) is 12.2 Å². The second-order valence-electron chi connectivity index (χ2n) is 5.08. The summed E-state index contributed by atoms with van der Waals surface area (Å²) in [5.74, 6) is -0.0259. The van der Waals surface area contributed by atoms with Crippen molar-refractivity contribution in [1.29, 1.82) is 0 Å². The van der Waals surface area contributed by atoms with Crippen LogP contribution in [-0.2, 0) is 14.3 Å². The summed E-state index contributed by atoms with van der Waals surface area (Å²) in [7, 11) is 0. The molecule has 1 aliphatic heterocycles. The largest absolute Gasteiger partial charge is 0.481 e. The lowest BCUT2D eigenvalue weighted by Gasteiger charge is -2.24. The molecule has 108 valence electrons. The fourth-order valence-corrected chi connectivity index (χ4v) is 2.01. The highest BCUT2D eigenvalue weighted by molar-refractivity contribution is 5.92. The molecule has 2 atom stereocenters. The lowest BCUT2D eigenvalue weighted by atomic mass is 9.85. The molecule has 1 aromatic rings. The molecule has 2 unspecified atom stereocenters. The van der Waals surface area contributed by atoms with Crippen LogP contribution in [0, 0.1) is 12.3 Å². The van der Waals surface area contributed by atoms with Crippen molar-refractivity contribution < 1.29 is 23.8 Å². The minimum Gasteiger partial charge on any atom is -0.481 e. The molecular formula is C14H17NO5. The van der Waals surface area contributed by atoms with Crippen molar-refractivity contribution in [1.82, 2.24) is 5.32 Å². The lowest BCUT2D eigenvalue weighted by molar-refractivity contribution is -0.148. The highest BCUT2D eigenvalue weighted by Gasteiger charge is 2.47. The number of carboxylic acid groups (broad SMARTS) is 1. The maximum atomic E-state index is 11.8. The smallest absolute Gasteiger partial charge is 0.313 e. The number of carboxylic acids is 1. The van der Waals surface area contributed by atoms with Gasteiger partial charge >= 0.3 is 5.97 Å². The van der Waals surface area contributed by atoms with Gasteiger partial charge in [-0.25, -0.2) is 0 Å². The molecule has 1 amide bonds. The predicted octanol–water partition coefficient (Wildman–Crippen LogP) is 1.21. The first kappa shape index (κ1) is 14.3. The minimum absolute atomic E-state index is 0.0916. The molecule has 0 aliphatic carbocycles. The van der Waals surface area contributed by atoms with E-state index < -0.39 is 17.4 Å². The Morgan fingerprint density at radius 1 is 1.50 bits per heavy atom. The summed E-state index contributed by atoms with van der Waals surface area (Å²) < 4.78 is 10.5. The second-order valence-corrected chi connectivity index (χ2v) is 5.08. The van der Waals surface area contributed by atoms with Gasteiger partial charge in [0, 0.05) is 6.08 Å². The van der Waals surface area contributed by atoms with Gasteiger partial charge in [0.1, 0.15) is 16.9 Å². The van der Waals surface area contributed by atoms with Gasteiger partial charge in [-0.3, -0.25) is 9.59 Å². The Bertz CT molecular complexity index is 548. The molecule has 2 heterocycles. The third kappa shape index (κ3) is 2.91. The van der Waals surface area contributed by atoms with E-state index in [0.717, 1.165) is 5.76 Å². The topological polar surface area (TPSA) is 88.8 Å². The van der Waals surface area contributed by atoms with Gasteiger partial charge in [0.15, 0.2) is 0 Å². The van der Waals surface area contributed by atoms with Crippen LogP contribution in [0.3, 0.4) is 0 Å². The minimum atomic E-state index is -1.09. The summed E-state index contributed by atoms with van der Waals surface area (Å²) in [4.78, 5) is 23.0. The molecule has 2 rings (SSSR count). The zero-order valence-electron chi connectivity index (χ0n) is 11.4. The van der Waals surface area contributed by atoms with E-state index in [-0.39, 0.29) is 19.1 Å². The van der Waals surface area contributed by atoms with Crippen LogP contribution in [0.25, 0.3) is 6.08 Å². The second kappa shape index (κ2) is 5.50. The van der Waals surface area contributed by atoms with Crippen LogP contribution in [0.15, 0.2) is 22.6 Å². The van der Waals surface area contributed by atoms with Crippen LogP contribution in [0.2, 0.25) is 0 Å². The number of hydrogen-bond acceptors (Lipinski definition) is 4. The van der Waals surface area contributed by atoms with E-state index in [2.05, 4.69) is 5.32 Å². The monoisotopic (exact) mass is 279 g/mol. The number of rotatable bonds is 4. The summed E-state index contributed by atoms with van der Waals surface area (Å²) in [5.41, 5.74) is -1.09. The van der Waals surface area contributed by atoms with Gasteiger partial charge < -0.3 is 19.6 Å². The van der Waals surface area contributed by atoms with Crippen molar-refractivity contribution in [3.63, 3.8) is 0 Å². The molecular weight excluding hydrogens is 262 g/mol. The number of amides is 1. The van der Waals surface area contributed by atoms with E-state index in [4.69, 9.17) is 9.15 Å². The first-order chi connectivity index (χ1) is 9.41. The van der Waals surface area contributed by atoms with Crippen molar-refractivity contribution in [2.45, 2.75) is 19.9 Å². The van der Waals surface area contributed by atoms with Crippen LogP contribution in [0.1, 0.15) is 18.4 Å². The van der Waals surface area contributed by atoms with Crippen LogP contribution in [-0.4, -0.2) is 36.2 Å². The van der Waals surface area contributed by atoms with Crippen molar-refractivity contribution in [3.05, 3.63) is 29.7 Å². The number of nitrogens with one attached hydrogen (secondary N) is 1. The van der Waals surface area contributed by atoms with Crippen LogP contribution >= 0.6 is 0 Å². The Hall–Kier alpha value is -2.08. The number of carbonyl (C=O) groups is 2. The molecule has 1 fully saturated rings. The van der Waals surface area contributed by atoms with E-state index in [1.807, 2.05) is 6.92 Å². The number of aryl methyl sites for hydroxylation is 1. The first-order valence-electron chi connectivity index (χ1n) is 6.28. The maximum Gasteiger partial charge on any atom is 0.313 e. The Morgan fingerprint density at radius 2 is 2.25 bits per heavy atom. The lowest BCUT2D eigenvalue weighted by Crippen LogP contribution is -2.49.